The van der Waals surface area contributed by atoms with Crippen LogP contribution < -0.4 is 20.8 Å². The van der Waals surface area contributed by atoms with Crippen LogP contribution in [0.1, 0.15) is 5.56 Å². The molecule has 28 heavy (non-hydrogen) atoms. The highest BCUT2D eigenvalue weighted by Crippen LogP contribution is 2.20. The van der Waals surface area contributed by atoms with E-state index in [0.29, 0.717) is 24.4 Å². The van der Waals surface area contributed by atoms with Crippen molar-refractivity contribution in [2.24, 2.45) is 5.14 Å². The Bertz CT molecular complexity index is 1130. The third-order valence-corrected chi connectivity index (χ3v) is 5.07. The summed E-state index contributed by atoms with van der Waals surface area (Å²) in [6.07, 6.45) is 3.70. The van der Waals surface area contributed by atoms with Crippen LogP contribution >= 0.6 is 0 Å². The standard InChI is InChI=1S/C19H20N4O4S/c1-27-17-5-3-2-4-16(17)23-13-12-22-18(19(23)24)21-11-10-14-6-8-15(9-7-14)28(20,25)26/h2-9,12-13H,10-11H2,1H3,(H,21,22)(H2,20,25,26). The summed E-state index contributed by atoms with van der Waals surface area (Å²) in [4.78, 5) is 16.9. The monoisotopic (exact) mass is 400 g/mol. The molecule has 3 aromatic rings. The molecule has 0 aliphatic heterocycles. The van der Waals surface area contributed by atoms with Crippen molar-refractivity contribution < 1.29 is 13.2 Å². The minimum atomic E-state index is -3.71. The smallest absolute Gasteiger partial charge is 0.297 e. The number of nitrogens with one attached hydrogen (secondary N) is 1. The lowest BCUT2D eigenvalue weighted by atomic mass is 10.1. The van der Waals surface area contributed by atoms with Gasteiger partial charge in [-0.1, -0.05) is 24.3 Å². The average molecular weight is 400 g/mol. The molecule has 146 valence electrons. The number of ether oxygens (including phenoxy) is 1. The second kappa shape index (κ2) is 8.24. The van der Waals surface area contributed by atoms with Crippen molar-refractivity contribution in [3.63, 3.8) is 0 Å². The number of rotatable bonds is 7. The molecule has 0 saturated heterocycles. The average Bonchev–Trinajstić information content (AvgIpc) is 2.69. The fraction of sp³-hybridized carbons (Fsp3) is 0.158. The molecule has 0 spiro atoms. The Balaban J connectivity index is 1.73. The van der Waals surface area contributed by atoms with Gasteiger partial charge in [0.05, 0.1) is 17.7 Å². The topological polar surface area (TPSA) is 116 Å². The van der Waals surface area contributed by atoms with E-state index in [1.165, 1.54) is 22.9 Å². The number of primary sulfonamides is 1. The molecule has 9 heteroatoms. The van der Waals surface area contributed by atoms with E-state index < -0.39 is 10.0 Å². The number of methoxy groups -OCH3 is 1. The van der Waals surface area contributed by atoms with Gasteiger partial charge in [-0.15, -0.1) is 0 Å². The molecule has 1 heterocycles. The first-order valence-electron chi connectivity index (χ1n) is 8.47. The van der Waals surface area contributed by atoms with Gasteiger partial charge in [0, 0.05) is 18.9 Å². The van der Waals surface area contributed by atoms with E-state index in [4.69, 9.17) is 9.88 Å². The van der Waals surface area contributed by atoms with E-state index in [2.05, 4.69) is 10.3 Å². The lowest BCUT2D eigenvalue weighted by molar-refractivity contribution is 0.412. The third-order valence-electron chi connectivity index (χ3n) is 4.14. The summed E-state index contributed by atoms with van der Waals surface area (Å²) in [6, 6.07) is 13.5. The first-order chi connectivity index (χ1) is 13.4. The first-order valence-corrected chi connectivity index (χ1v) is 10.0. The second-order valence-corrected chi connectivity index (χ2v) is 7.55. The van der Waals surface area contributed by atoms with E-state index >= 15 is 0 Å². The van der Waals surface area contributed by atoms with Gasteiger partial charge in [0.2, 0.25) is 10.0 Å². The Labute approximate surface area is 162 Å². The highest BCUT2D eigenvalue weighted by Gasteiger charge is 2.10. The fourth-order valence-electron chi connectivity index (χ4n) is 2.72. The van der Waals surface area contributed by atoms with Crippen molar-refractivity contribution in [2.45, 2.75) is 11.3 Å². The summed E-state index contributed by atoms with van der Waals surface area (Å²) in [5.41, 5.74) is 1.23. The number of para-hydroxylation sites is 2. The molecule has 0 fully saturated rings. The maximum atomic E-state index is 12.7. The summed E-state index contributed by atoms with van der Waals surface area (Å²) in [6.45, 7) is 0.451. The Hall–Kier alpha value is -3.17. The molecule has 0 amide bonds. The molecule has 8 nitrogen and oxygen atoms in total. The Kier molecular flexibility index (Phi) is 5.76. The zero-order valence-electron chi connectivity index (χ0n) is 15.2. The Morgan fingerprint density at radius 2 is 1.86 bits per heavy atom. The SMILES string of the molecule is COc1ccccc1-n1ccnc(NCCc2ccc(S(N)(=O)=O)cc2)c1=O. The molecule has 0 unspecified atom stereocenters. The highest BCUT2D eigenvalue weighted by molar-refractivity contribution is 7.89. The fourth-order valence-corrected chi connectivity index (χ4v) is 3.24. The van der Waals surface area contributed by atoms with Gasteiger partial charge in [0.1, 0.15) is 5.75 Å². The number of nitrogens with zero attached hydrogens (tertiary/aromatic N) is 2. The number of hydrogen-bond donors (Lipinski definition) is 2. The van der Waals surface area contributed by atoms with Crippen LogP contribution in [0, 0.1) is 0 Å². The van der Waals surface area contributed by atoms with Gasteiger partial charge in [-0.3, -0.25) is 9.36 Å². The summed E-state index contributed by atoms with van der Waals surface area (Å²) in [5, 5.41) is 8.11. The van der Waals surface area contributed by atoms with Crippen molar-refractivity contribution in [3.05, 3.63) is 76.8 Å². The molecule has 0 radical (unpaired) electrons. The second-order valence-electron chi connectivity index (χ2n) is 5.99. The molecule has 3 rings (SSSR count). The number of anilines is 1. The van der Waals surface area contributed by atoms with Crippen LogP contribution in [0.15, 0.2) is 70.6 Å². The number of sulfonamides is 1. The number of aromatic nitrogens is 2. The summed E-state index contributed by atoms with van der Waals surface area (Å²) in [5.74, 6) is 0.797. The Morgan fingerprint density at radius 1 is 1.14 bits per heavy atom. The molecule has 2 aromatic carbocycles. The van der Waals surface area contributed by atoms with E-state index in [-0.39, 0.29) is 16.3 Å². The maximum absolute atomic E-state index is 12.7. The zero-order chi connectivity index (χ0) is 20.1. The minimum absolute atomic E-state index is 0.0635. The van der Waals surface area contributed by atoms with E-state index in [9.17, 15) is 13.2 Å². The quantitative estimate of drug-likeness (QED) is 0.621. The summed E-state index contributed by atoms with van der Waals surface area (Å²) >= 11 is 0. The van der Waals surface area contributed by atoms with Crippen LogP contribution in [0.3, 0.4) is 0 Å². The van der Waals surface area contributed by atoms with Gasteiger partial charge in [-0.25, -0.2) is 18.5 Å². The van der Waals surface area contributed by atoms with Gasteiger partial charge in [-0.05, 0) is 36.2 Å². The van der Waals surface area contributed by atoms with E-state index in [1.54, 1.807) is 37.6 Å². The van der Waals surface area contributed by atoms with Crippen LogP contribution in [0.4, 0.5) is 5.82 Å². The summed E-state index contributed by atoms with van der Waals surface area (Å²) < 4.78 is 29.4. The van der Waals surface area contributed by atoms with Crippen molar-refractivity contribution >= 4 is 15.8 Å². The first kappa shape index (κ1) is 19.6. The van der Waals surface area contributed by atoms with Crippen LogP contribution in [0.5, 0.6) is 5.75 Å². The third kappa shape index (κ3) is 4.38. The molecule has 0 aliphatic carbocycles. The molecule has 0 saturated carbocycles. The number of hydrogen-bond acceptors (Lipinski definition) is 6. The van der Waals surface area contributed by atoms with Gasteiger partial charge in [0.25, 0.3) is 5.56 Å². The lowest BCUT2D eigenvalue weighted by Gasteiger charge is -2.12. The molecule has 0 bridgehead atoms. The van der Waals surface area contributed by atoms with E-state index in [1.807, 2.05) is 12.1 Å². The van der Waals surface area contributed by atoms with E-state index in [0.717, 1.165) is 5.56 Å². The van der Waals surface area contributed by atoms with Gasteiger partial charge in [0.15, 0.2) is 5.82 Å². The van der Waals surface area contributed by atoms with Crippen molar-refractivity contribution in [3.8, 4) is 11.4 Å². The van der Waals surface area contributed by atoms with Gasteiger partial charge in [-0.2, -0.15) is 0 Å². The normalized spacial score (nSPS) is 11.2. The van der Waals surface area contributed by atoms with Crippen molar-refractivity contribution in [1.29, 1.82) is 0 Å². The lowest BCUT2D eigenvalue weighted by Crippen LogP contribution is -2.24. The van der Waals surface area contributed by atoms with Crippen molar-refractivity contribution in [1.82, 2.24) is 9.55 Å². The molecular weight excluding hydrogens is 380 g/mol. The van der Waals surface area contributed by atoms with Crippen LogP contribution in [0.2, 0.25) is 0 Å². The summed E-state index contributed by atoms with van der Waals surface area (Å²) in [7, 11) is -2.16. The predicted molar refractivity (Wildman–Crippen MR) is 106 cm³/mol. The molecule has 0 aliphatic rings. The zero-order valence-corrected chi connectivity index (χ0v) is 16.0. The van der Waals surface area contributed by atoms with Crippen LogP contribution in [-0.4, -0.2) is 31.6 Å². The number of benzene rings is 2. The molecule has 1 aromatic heterocycles. The van der Waals surface area contributed by atoms with Crippen LogP contribution in [-0.2, 0) is 16.4 Å². The number of nitrogens with two attached hydrogens (primary N) is 1. The predicted octanol–water partition coefficient (Wildman–Crippen LogP) is 1.54. The molecule has 0 atom stereocenters. The maximum Gasteiger partial charge on any atom is 0.297 e. The van der Waals surface area contributed by atoms with Crippen LogP contribution in [0.25, 0.3) is 5.69 Å². The minimum Gasteiger partial charge on any atom is -0.495 e. The van der Waals surface area contributed by atoms with Gasteiger partial charge < -0.3 is 10.1 Å². The molecular formula is C19H20N4O4S. The Morgan fingerprint density at radius 3 is 2.54 bits per heavy atom. The van der Waals surface area contributed by atoms with Crippen molar-refractivity contribution in [2.75, 3.05) is 19.0 Å². The largest absolute Gasteiger partial charge is 0.495 e. The molecule has 3 N–H and O–H groups in total. The highest BCUT2D eigenvalue weighted by atomic mass is 32.2. The van der Waals surface area contributed by atoms with Gasteiger partial charge >= 0.3 is 0 Å².